The summed E-state index contributed by atoms with van der Waals surface area (Å²) in [5.74, 6) is -3.49. The first-order chi connectivity index (χ1) is 9.66. The van der Waals surface area contributed by atoms with Crippen LogP contribution in [0.3, 0.4) is 0 Å². The van der Waals surface area contributed by atoms with Crippen LogP contribution in [-0.4, -0.2) is 24.8 Å². The Morgan fingerprint density at radius 2 is 1.95 bits per heavy atom. The smallest absolute Gasteiger partial charge is 0.419 e. The molecule has 0 heterocycles. The molecule has 0 saturated carbocycles. The highest BCUT2D eigenvalue weighted by molar-refractivity contribution is 5.93. The standard InChI is InChI=1S/C12H11F4NO4/c1-2-20-11(19)9(13)21-8-4-3-6(10(17)18)5-7(8)12(14,15)16/h3-5,9H,2H2,1H3,(H2,17,18). The zero-order chi connectivity index (χ0) is 16.2. The summed E-state index contributed by atoms with van der Waals surface area (Å²) in [6.45, 7) is 1.24. The first kappa shape index (κ1) is 16.7. The Bertz CT molecular complexity index is 545. The minimum Gasteiger partial charge on any atom is -0.461 e. The number of nitrogens with two attached hydrogens (primary N) is 1. The number of primary amides is 1. The molecule has 0 aromatic heterocycles. The van der Waals surface area contributed by atoms with E-state index in [-0.39, 0.29) is 6.61 Å². The summed E-state index contributed by atoms with van der Waals surface area (Å²) in [7, 11) is 0. The Balaban J connectivity index is 3.12. The summed E-state index contributed by atoms with van der Waals surface area (Å²) >= 11 is 0. The Morgan fingerprint density at radius 1 is 1.33 bits per heavy atom. The van der Waals surface area contributed by atoms with E-state index < -0.39 is 41.3 Å². The second-order valence-corrected chi connectivity index (χ2v) is 3.76. The molecule has 0 fully saturated rings. The van der Waals surface area contributed by atoms with Gasteiger partial charge in [0.25, 0.3) is 0 Å². The fourth-order valence-corrected chi connectivity index (χ4v) is 1.37. The molecule has 1 unspecified atom stereocenters. The molecule has 0 aliphatic rings. The zero-order valence-corrected chi connectivity index (χ0v) is 10.7. The lowest BCUT2D eigenvalue weighted by Gasteiger charge is -2.16. The number of benzene rings is 1. The SMILES string of the molecule is CCOC(=O)C(F)Oc1ccc(C(N)=O)cc1C(F)(F)F. The summed E-state index contributed by atoms with van der Waals surface area (Å²) in [5, 5.41) is 0. The monoisotopic (exact) mass is 309 g/mol. The van der Waals surface area contributed by atoms with Gasteiger partial charge in [-0.25, -0.2) is 4.79 Å². The van der Waals surface area contributed by atoms with E-state index in [1.165, 1.54) is 6.92 Å². The van der Waals surface area contributed by atoms with Crippen LogP contribution in [0.2, 0.25) is 0 Å². The number of alkyl halides is 4. The van der Waals surface area contributed by atoms with Crippen LogP contribution < -0.4 is 10.5 Å². The summed E-state index contributed by atoms with van der Waals surface area (Å²) < 4.78 is 60.4. The largest absolute Gasteiger partial charge is 0.461 e. The lowest BCUT2D eigenvalue weighted by molar-refractivity contribution is -0.161. The van der Waals surface area contributed by atoms with E-state index in [4.69, 9.17) is 5.73 Å². The maximum Gasteiger partial charge on any atom is 0.419 e. The predicted molar refractivity (Wildman–Crippen MR) is 62.1 cm³/mol. The number of amides is 1. The molecule has 0 spiro atoms. The van der Waals surface area contributed by atoms with Gasteiger partial charge in [0.15, 0.2) is 0 Å². The Labute approximate surface area is 116 Å². The van der Waals surface area contributed by atoms with Crippen LogP contribution in [0.5, 0.6) is 5.75 Å². The summed E-state index contributed by atoms with van der Waals surface area (Å²) in [6, 6.07) is 2.04. The molecule has 2 N–H and O–H groups in total. The highest BCUT2D eigenvalue weighted by Crippen LogP contribution is 2.37. The average Bonchev–Trinajstić information content (AvgIpc) is 2.37. The second-order valence-electron chi connectivity index (χ2n) is 3.76. The van der Waals surface area contributed by atoms with Gasteiger partial charge in [-0.15, -0.1) is 0 Å². The zero-order valence-electron chi connectivity index (χ0n) is 10.7. The summed E-state index contributed by atoms with van der Waals surface area (Å²) in [4.78, 5) is 21.9. The van der Waals surface area contributed by atoms with Crippen molar-refractivity contribution in [3.8, 4) is 5.75 Å². The molecule has 1 amide bonds. The van der Waals surface area contributed by atoms with Crippen LogP contribution >= 0.6 is 0 Å². The van der Waals surface area contributed by atoms with Gasteiger partial charge >= 0.3 is 18.5 Å². The van der Waals surface area contributed by atoms with E-state index in [0.717, 1.165) is 6.07 Å². The number of carbonyl (C=O) groups is 2. The molecule has 0 bridgehead atoms. The van der Waals surface area contributed by atoms with Crippen molar-refractivity contribution >= 4 is 11.9 Å². The van der Waals surface area contributed by atoms with Crippen LogP contribution in [0.15, 0.2) is 18.2 Å². The maximum absolute atomic E-state index is 13.3. The highest BCUT2D eigenvalue weighted by atomic mass is 19.4. The highest BCUT2D eigenvalue weighted by Gasteiger charge is 2.36. The predicted octanol–water partition coefficient (Wildman–Crippen LogP) is 2.04. The Hall–Kier alpha value is -2.32. The number of ether oxygens (including phenoxy) is 2. The minimum atomic E-state index is -4.92. The van der Waals surface area contributed by atoms with Gasteiger partial charge in [-0.1, -0.05) is 0 Å². The number of carbonyl (C=O) groups excluding carboxylic acids is 2. The number of esters is 1. The number of rotatable bonds is 5. The van der Waals surface area contributed by atoms with Gasteiger partial charge in [-0.3, -0.25) is 4.79 Å². The normalized spacial score (nSPS) is 12.6. The van der Waals surface area contributed by atoms with Gasteiger partial charge in [0, 0.05) is 5.56 Å². The van der Waals surface area contributed by atoms with Crippen LogP contribution in [-0.2, 0) is 15.7 Å². The molecule has 21 heavy (non-hydrogen) atoms. The molecule has 0 aliphatic carbocycles. The van der Waals surface area contributed by atoms with Crippen LogP contribution in [0.1, 0.15) is 22.8 Å². The molecule has 1 rings (SSSR count). The molecule has 1 atom stereocenters. The molecular formula is C12H11F4NO4. The van der Waals surface area contributed by atoms with E-state index in [0.29, 0.717) is 12.1 Å². The Kier molecular flexibility index (Phi) is 5.12. The molecular weight excluding hydrogens is 298 g/mol. The van der Waals surface area contributed by atoms with Gasteiger partial charge in [0.1, 0.15) is 5.75 Å². The molecule has 0 aliphatic heterocycles. The number of hydrogen-bond donors (Lipinski definition) is 1. The molecule has 116 valence electrons. The van der Waals surface area contributed by atoms with Gasteiger partial charge in [-0.2, -0.15) is 17.6 Å². The number of halogens is 4. The van der Waals surface area contributed by atoms with E-state index in [1.807, 2.05) is 0 Å². The van der Waals surface area contributed by atoms with Crippen LogP contribution in [0.4, 0.5) is 17.6 Å². The van der Waals surface area contributed by atoms with Crippen LogP contribution in [0, 0.1) is 0 Å². The summed E-state index contributed by atoms with van der Waals surface area (Å²) in [6.07, 6.45) is -7.64. The third-order valence-corrected chi connectivity index (χ3v) is 2.27. The second kappa shape index (κ2) is 6.42. The molecule has 9 heteroatoms. The van der Waals surface area contributed by atoms with Crippen molar-refractivity contribution in [2.24, 2.45) is 5.73 Å². The number of hydrogen-bond acceptors (Lipinski definition) is 4. The molecule has 5 nitrogen and oxygen atoms in total. The quantitative estimate of drug-likeness (QED) is 0.667. The van der Waals surface area contributed by atoms with E-state index in [9.17, 15) is 27.2 Å². The maximum atomic E-state index is 13.3. The van der Waals surface area contributed by atoms with Gasteiger partial charge in [0.2, 0.25) is 5.91 Å². The van der Waals surface area contributed by atoms with Gasteiger partial charge in [0.05, 0.1) is 12.2 Å². The van der Waals surface area contributed by atoms with Crippen molar-refractivity contribution in [2.75, 3.05) is 6.61 Å². The molecule has 1 aromatic rings. The van der Waals surface area contributed by atoms with Crippen molar-refractivity contribution in [1.29, 1.82) is 0 Å². The van der Waals surface area contributed by atoms with Crippen molar-refractivity contribution in [2.45, 2.75) is 19.5 Å². The fraction of sp³-hybridized carbons (Fsp3) is 0.333. The molecule has 0 saturated heterocycles. The van der Waals surface area contributed by atoms with Gasteiger partial charge in [-0.05, 0) is 25.1 Å². The first-order valence-corrected chi connectivity index (χ1v) is 5.65. The minimum absolute atomic E-state index is 0.157. The fourth-order valence-electron chi connectivity index (χ4n) is 1.37. The molecule has 1 aromatic carbocycles. The first-order valence-electron chi connectivity index (χ1n) is 5.65. The topological polar surface area (TPSA) is 78.6 Å². The van der Waals surface area contributed by atoms with Crippen molar-refractivity contribution in [3.63, 3.8) is 0 Å². The van der Waals surface area contributed by atoms with E-state index >= 15 is 0 Å². The summed E-state index contributed by atoms with van der Waals surface area (Å²) in [5.41, 5.74) is 3.02. The van der Waals surface area contributed by atoms with E-state index in [1.54, 1.807) is 0 Å². The third kappa shape index (κ3) is 4.33. The van der Waals surface area contributed by atoms with Crippen molar-refractivity contribution in [3.05, 3.63) is 29.3 Å². The lowest BCUT2D eigenvalue weighted by atomic mass is 10.1. The average molecular weight is 309 g/mol. The molecule has 0 radical (unpaired) electrons. The van der Waals surface area contributed by atoms with Crippen molar-refractivity contribution in [1.82, 2.24) is 0 Å². The Morgan fingerprint density at radius 3 is 2.43 bits per heavy atom. The van der Waals surface area contributed by atoms with Crippen molar-refractivity contribution < 1.29 is 36.6 Å². The van der Waals surface area contributed by atoms with Gasteiger partial charge < -0.3 is 15.2 Å². The lowest BCUT2D eigenvalue weighted by Crippen LogP contribution is -2.26. The third-order valence-electron chi connectivity index (χ3n) is 2.27. The van der Waals surface area contributed by atoms with Crippen LogP contribution in [0.25, 0.3) is 0 Å². The van der Waals surface area contributed by atoms with E-state index in [2.05, 4.69) is 9.47 Å².